The summed E-state index contributed by atoms with van der Waals surface area (Å²) >= 11 is 1.41. The molecule has 2 N–H and O–H groups in total. The van der Waals surface area contributed by atoms with Crippen LogP contribution in [-0.4, -0.2) is 30.2 Å². The van der Waals surface area contributed by atoms with Gasteiger partial charge in [0.2, 0.25) is 11.9 Å². The number of amides is 1. The minimum Gasteiger partial charge on any atom is -0.325 e. The predicted molar refractivity (Wildman–Crippen MR) is 142 cm³/mol. The van der Waals surface area contributed by atoms with Gasteiger partial charge in [0.25, 0.3) is 0 Å². The highest BCUT2D eigenvalue weighted by Gasteiger charge is 2.18. The zero-order valence-electron chi connectivity index (χ0n) is 20.0. The number of carbonyl (C=O) groups excluding carboxylic acids is 1. The van der Waals surface area contributed by atoms with Crippen molar-refractivity contribution in [3.8, 4) is 11.3 Å². The molecule has 1 amide bonds. The third kappa shape index (κ3) is 5.69. The second-order valence-corrected chi connectivity index (χ2v) is 9.49. The summed E-state index contributed by atoms with van der Waals surface area (Å²) < 4.78 is 4.34. The molecule has 1 aliphatic rings. The lowest BCUT2D eigenvalue weighted by Crippen LogP contribution is -2.22. The van der Waals surface area contributed by atoms with Crippen LogP contribution in [0.15, 0.2) is 78.8 Å². The Labute approximate surface area is 213 Å². The molecule has 0 radical (unpaired) electrons. The smallest absolute Gasteiger partial charge is 0.231 e. The molecule has 5 rings (SSSR count). The first-order chi connectivity index (χ1) is 17.5. The quantitative estimate of drug-likeness (QED) is 0.352. The van der Waals surface area contributed by atoms with Gasteiger partial charge in [-0.2, -0.15) is 4.37 Å². The second-order valence-electron chi connectivity index (χ2n) is 8.54. The summed E-state index contributed by atoms with van der Waals surface area (Å²) in [6, 6.07) is 11.4. The maximum atomic E-state index is 12.9. The normalized spacial score (nSPS) is 14.8. The minimum atomic E-state index is -0.226. The molecule has 1 unspecified atom stereocenters. The topological polar surface area (TPSA) is 106 Å². The van der Waals surface area contributed by atoms with Gasteiger partial charge in [0.1, 0.15) is 10.8 Å². The van der Waals surface area contributed by atoms with Crippen LogP contribution in [0.25, 0.3) is 11.3 Å². The lowest BCUT2D eigenvalue weighted by molar-refractivity contribution is -0.118. The summed E-state index contributed by atoms with van der Waals surface area (Å²) in [6.45, 7) is 3.94. The molecule has 36 heavy (non-hydrogen) atoms. The molecule has 3 heterocycles. The number of aromatic nitrogens is 5. The average molecular weight is 496 g/mol. The van der Waals surface area contributed by atoms with E-state index < -0.39 is 0 Å². The Bertz CT molecular complexity index is 1450. The summed E-state index contributed by atoms with van der Waals surface area (Å²) in [5.41, 5.74) is 5.37. The predicted octanol–water partition coefficient (Wildman–Crippen LogP) is 5.43. The Kier molecular flexibility index (Phi) is 6.90. The number of benzene rings is 1. The van der Waals surface area contributed by atoms with Gasteiger partial charge in [-0.3, -0.25) is 9.78 Å². The van der Waals surface area contributed by atoms with Crippen molar-refractivity contribution in [1.29, 1.82) is 0 Å². The number of hydrogen-bond donors (Lipinski definition) is 2. The molecule has 3 aromatic heterocycles. The van der Waals surface area contributed by atoms with Crippen molar-refractivity contribution in [3.63, 3.8) is 0 Å². The molecule has 1 aliphatic carbocycles. The maximum absolute atomic E-state index is 12.9. The molecule has 0 saturated carbocycles. The highest BCUT2D eigenvalue weighted by molar-refractivity contribution is 7.05. The van der Waals surface area contributed by atoms with E-state index in [-0.39, 0.29) is 11.8 Å². The largest absolute Gasteiger partial charge is 0.325 e. The molecule has 4 aromatic rings. The standard InChI is InChI=1S/C27H25N7OS/c1-17-5-10-22(15-24(17)33-27-29-13-11-23(32-27)21-4-3-12-28-16-21)31-26(35)20-8-6-19(7-9-20)14-25-30-18(2)36-34-25/h3-8,10-13,15-16,20H,9,14H2,1-2H3,(H,31,35)(H,29,32,33). The van der Waals surface area contributed by atoms with Gasteiger partial charge in [-0.1, -0.05) is 24.3 Å². The summed E-state index contributed by atoms with van der Waals surface area (Å²) in [5, 5.41) is 7.28. The van der Waals surface area contributed by atoms with Gasteiger partial charge < -0.3 is 10.6 Å². The number of pyridine rings is 1. The van der Waals surface area contributed by atoms with Crippen molar-refractivity contribution in [2.24, 2.45) is 5.92 Å². The van der Waals surface area contributed by atoms with Crippen LogP contribution in [-0.2, 0) is 11.2 Å². The number of nitrogens with one attached hydrogen (secondary N) is 2. The zero-order chi connectivity index (χ0) is 24.9. The van der Waals surface area contributed by atoms with E-state index in [0.717, 1.165) is 38.9 Å². The van der Waals surface area contributed by atoms with Crippen molar-refractivity contribution >= 4 is 34.8 Å². The van der Waals surface area contributed by atoms with Gasteiger partial charge in [-0.05, 0) is 73.3 Å². The van der Waals surface area contributed by atoms with Crippen LogP contribution in [0, 0.1) is 19.8 Å². The third-order valence-electron chi connectivity index (χ3n) is 5.81. The lowest BCUT2D eigenvalue weighted by atomic mass is 9.94. The molecule has 0 aliphatic heterocycles. The van der Waals surface area contributed by atoms with Crippen LogP contribution in [0.4, 0.5) is 17.3 Å². The Hall–Kier alpha value is -4.24. The molecule has 0 saturated heterocycles. The zero-order valence-corrected chi connectivity index (χ0v) is 20.8. The van der Waals surface area contributed by atoms with Crippen LogP contribution in [0.5, 0.6) is 0 Å². The molecular weight excluding hydrogens is 470 g/mol. The first-order valence-corrected chi connectivity index (χ1v) is 12.4. The van der Waals surface area contributed by atoms with Crippen molar-refractivity contribution in [3.05, 3.63) is 95.2 Å². The molecule has 8 nitrogen and oxygen atoms in total. The Morgan fingerprint density at radius 3 is 2.81 bits per heavy atom. The fraction of sp³-hybridized carbons (Fsp3) is 0.185. The Morgan fingerprint density at radius 2 is 2.06 bits per heavy atom. The second kappa shape index (κ2) is 10.6. The maximum Gasteiger partial charge on any atom is 0.231 e. The summed E-state index contributed by atoms with van der Waals surface area (Å²) in [5.74, 6) is 1.02. The Balaban J connectivity index is 1.23. The van der Waals surface area contributed by atoms with E-state index in [4.69, 9.17) is 0 Å². The molecule has 0 spiro atoms. The molecule has 180 valence electrons. The Morgan fingerprint density at radius 1 is 1.14 bits per heavy atom. The number of anilines is 3. The molecule has 1 aromatic carbocycles. The van der Waals surface area contributed by atoms with E-state index in [1.54, 1.807) is 18.6 Å². The van der Waals surface area contributed by atoms with Gasteiger partial charge in [0.05, 0.1) is 11.6 Å². The van der Waals surface area contributed by atoms with Crippen LogP contribution in [0.2, 0.25) is 0 Å². The van der Waals surface area contributed by atoms with Crippen molar-refractivity contribution < 1.29 is 4.79 Å². The minimum absolute atomic E-state index is 0.0474. The highest BCUT2D eigenvalue weighted by Crippen LogP contribution is 2.26. The van der Waals surface area contributed by atoms with Gasteiger partial charge >= 0.3 is 0 Å². The highest BCUT2D eigenvalue weighted by atomic mass is 32.1. The van der Waals surface area contributed by atoms with E-state index >= 15 is 0 Å². The fourth-order valence-electron chi connectivity index (χ4n) is 3.87. The van der Waals surface area contributed by atoms with E-state index in [1.807, 2.05) is 62.4 Å². The van der Waals surface area contributed by atoms with Crippen LogP contribution >= 0.6 is 11.5 Å². The van der Waals surface area contributed by atoms with E-state index in [2.05, 4.69) is 41.0 Å². The summed E-state index contributed by atoms with van der Waals surface area (Å²) in [6.07, 6.45) is 12.6. The third-order valence-corrected chi connectivity index (χ3v) is 6.47. The van der Waals surface area contributed by atoms with E-state index in [0.29, 0.717) is 24.5 Å². The van der Waals surface area contributed by atoms with Crippen molar-refractivity contribution in [2.75, 3.05) is 10.6 Å². The average Bonchev–Trinajstić information content (AvgIpc) is 3.31. The van der Waals surface area contributed by atoms with Crippen LogP contribution < -0.4 is 10.6 Å². The summed E-state index contributed by atoms with van der Waals surface area (Å²) in [4.78, 5) is 30.5. The SMILES string of the molecule is Cc1nc(CC2=CCC(C(=O)Nc3ccc(C)c(Nc4nccc(-c5cccnc5)n4)c3)C=C2)ns1. The van der Waals surface area contributed by atoms with E-state index in [9.17, 15) is 4.79 Å². The number of allylic oxidation sites excluding steroid dienone is 3. The van der Waals surface area contributed by atoms with Crippen molar-refractivity contribution in [1.82, 2.24) is 24.3 Å². The number of hydrogen-bond acceptors (Lipinski definition) is 8. The first kappa shape index (κ1) is 23.5. The van der Waals surface area contributed by atoms with E-state index in [1.165, 1.54) is 11.5 Å². The first-order valence-electron chi connectivity index (χ1n) is 11.6. The summed E-state index contributed by atoms with van der Waals surface area (Å²) in [7, 11) is 0. The number of rotatable bonds is 7. The molecule has 1 atom stereocenters. The monoisotopic (exact) mass is 495 g/mol. The number of carbonyl (C=O) groups is 1. The van der Waals surface area contributed by atoms with Crippen molar-refractivity contribution in [2.45, 2.75) is 26.7 Å². The van der Waals surface area contributed by atoms with Gasteiger partial charge in [0, 0.05) is 41.9 Å². The van der Waals surface area contributed by atoms with Gasteiger partial charge in [-0.25, -0.2) is 15.0 Å². The van der Waals surface area contributed by atoms with Gasteiger partial charge in [0.15, 0.2) is 0 Å². The molecule has 0 fully saturated rings. The molecule has 0 bridgehead atoms. The number of aryl methyl sites for hydroxylation is 2. The van der Waals surface area contributed by atoms with Crippen LogP contribution in [0.3, 0.4) is 0 Å². The molecule has 9 heteroatoms. The van der Waals surface area contributed by atoms with Gasteiger partial charge in [-0.15, -0.1) is 0 Å². The van der Waals surface area contributed by atoms with Crippen LogP contribution in [0.1, 0.15) is 22.8 Å². The lowest BCUT2D eigenvalue weighted by Gasteiger charge is -2.17. The number of nitrogens with zero attached hydrogens (tertiary/aromatic N) is 5. The molecular formula is C27H25N7OS. The fourth-order valence-corrected chi connectivity index (χ4v) is 4.36.